The van der Waals surface area contributed by atoms with Gasteiger partial charge in [0.15, 0.2) is 9.84 Å². The molecule has 158 valence electrons. The van der Waals surface area contributed by atoms with E-state index in [1.807, 2.05) is 12.1 Å². The highest BCUT2D eigenvalue weighted by atomic mass is 32.2. The van der Waals surface area contributed by atoms with Crippen molar-refractivity contribution in [2.45, 2.75) is 42.8 Å². The number of nitrogens with one attached hydrogen (secondary N) is 3. The second-order valence-electron chi connectivity index (χ2n) is 7.45. The van der Waals surface area contributed by atoms with Crippen LogP contribution in [0.5, 0.6) is 0 Å². The van der Waals surface area contributed by atoms with Crippen LogP contribution in [0.1, 0.15) is 24.9 Å². The fraction of sp³-hybridized carbons (Fsp3) is 0.684. The maximum atomic E-state index is 11.8. The SMILES string of the molecule is CCCN1CC(NCC2CNCO2)NC(c2ccc(S(C)(=O)=O)cc2)C1OC. The molecule has 2 aliphatic rings. The maximum absolute atomic E-state index is 11.8. The van der Waals surface area contributed by atoms with Crippen LogP contribution >= 0.6 is 0 Å². The average Bonchev–Trinajstić information content (AvgIpc) is 3.19. The van der Waals surface area contributed by atoms with E-state index in [0.717, 1.165) is 38.2 Å². The molecule has 0 saturated carbocycles. The van der Waals surface area contributed by atoms with Crippen molar-refractivity contribution in [2.75, 3.05) is 46.3 Å². The second kappa shape index (κ2) is 9.62. The van der Waals surface area contributed by atoms with Gasteiger partial charge in [0.2, 0.25) is 0 Å². The lowest BCUT2D eigenvalue weighted by molar-refractivity contribution is -0.0900. The van der Waals surface area contributed by atoms with E-state index < -0.39 is 9.84 Å². The highest BCUT2D eigenvalue weighted by Crippen LogP contribution is 2.27. The third-order valence-corrected chi connectivity index (χ3v) is 6.38. The average molecular weight is 413 g/mol. The molecule has 3 rings (SSSR count). The van der Waals surface area contributed by atoms with Crippen molar-refractivity contribution < 1.29 is 17.9 Å². The van der Waals surface area contributed by atoms with Gasteiger partial charge in [-0.1, -0.05) is 19.1 Å². The van der Waals surface area contributed by atoms with E-state index in [4.69, 9.17) is 9.47 Å². The Kier molecular flexibility index (Phi) is 7.43. The molecule has 0 bridgehead atoms. The van der Waals surface area contributed by atoms with Crippen LogP contribution in [0.15, 0.2) is 29.2 Å². The molecule has 4 unspecified atom stereocenters. The quantitative estimate of drug-likeness (QED) is 0.561. The minimum Gasteiger partial charge on any atom is -0.364 e. The van der Waals surface area contributed by atoms with E-state index in [1.165, 1.54) is 6.26 Å². The topological polar surface area (TPSA) is 91.9 Å². The van der Waals surface area contributed by atoms with Crippen molar-refractivity contribution >= 4 is 9.84 Å². The summed E-state index contributed by atoms with van der Waals surface area (Å²) < 4.78 is 35.0. The van der Waals surface area contributed by atoms with Crippen LogP contribution in [0.3, 0.4) is 0 Å². The number of rotatable bonds is 8. The Morgan fingerprint density at radius 3 is 2.64 bits per heavy atom. The van der Waals surface area contributed by atoms with Gasteiger partial charge in [-0.2, -0.15) is 0 Å². The van der Waals surface area contributed by atoms with E-state index in [-0.39, 0.29) is 24.5 Å². The van der Waals surface area contributed by atoms with Crippen LogP contribution < -0.4 is 16.0 Å². The largest absolute Gasteiger partial charge is 0.364 e. The van der Waals surface area contributed by atoms with Crippen molar-refractivity contribution in [3.63, 3.8) is 0 Å². The summed E-state index contributed by atoms with van der Waals surface area (Å²) >= 11 is 0. The Morgan fingerprint density at radius 2 is 2.07 bits per heavy atom. The molecule has 3 N–H and O–H groups in total. The lowest BCUT2D eigenvalue weighted by atomic mass is 10.0. The van der Waals surface area contributed by atoms with Crippen molar-refractivity contribution in [3.8, 4) is 0 Å². The molecule has 2 saturated heterocycles. The lowest BCUT2D eigenvalue weighted by Gasteiger charge is -2.45. The fourth-order valence-electron chi connectivity index (χ4n) is 3.86. The van der Waals surface area contributed by atoms with Crippen LogP contribution in [0.4, 0.5) is 0 Å². The van der Waals surface area contributed by atoms with E-state index in [0.29, 0.717) is 11.6 Å². The van der Waals surface area contributed by atoms with E-state index in [9.17, 15) is 8.42 Å². The van der Waals surface area contributed by atoms with Crippen LogP contribution in [0, 0.1) is 0 Å². The number of nitrogens with zero attached hydrogens (tertiary/aromatic N) is 1. The van der Waals surface area contributed by atoms with E-state index in [1.54, 1.807) is 19.2 Å². The second-order valence-corrected chi connectivity index (χ2v) is 9.47. The maximum Gasteiger partial charge on any atom is 0.175 e. The predicted molar refractivity (Wildman–Crippen MR) is 108 cm³/mol. The normalized spacial score (nSPS) is 29.2. The molecule has 0 aliphatic carbocycles. The minimum atomic E-state index is -3.21. The third-order valence-electron chi connectivity index (χ3n) is 5.25. The summed E-state index contributed by atoms with van der Waals surface area (Å²) in [7, 11) is -1.49. The smallest absolute Gasteiger partial charge is 0.175 e. The summed E-state index contributed by atoms with van der Waals surface area (Å²) in [6.45, 7) is 6.14. The molecule has 1 aromatic carbocycles. The van der Waals surface area contributed by atoms with Gasteiger partial charge in [-0.25, -0.2) is 8.42 Å². The molecule has 2 heterocycles. The van der Waals surface area contributed by atoms with Gasteiger partial charge >= 0.3 is 0 Å². The molecule has 1 aromatic rings. The Morgan fingerprint density at radius 1 is 1.32 bits per heavy atom. The van der Waals surface area contributed by atoms with Gasteiger partial charge in [0.1, 0.15) is 6.23 Å². The van der Waals surface area contributed by atoms with Gasteiger partial charge in [-0.05, 0) is 24.1 Å². The van der Waals surface area contributed by atoms with Crippen molar-refractivity contribution in [1.82, 2.24) is 20.9 Å². The highest BCUT2D eigenvalue weighted by Gasteiger charge is 2.36. The van der Waals surface area contributed by atoms with Crippen LogP contribution in [-0.4, -0.2) is 78.1 Å². The number of benzene rings is 1. The first-order valence-corrected chi connectivity index (χ1v) is 11.7. The molecule has 9 heteroatoms. The van der Waals surface area contributed by atoms with Gasteiger partial charge in [-0.3, -0.25) is 20.9 Å². The van der Waals surface area contributed by atoms with Crippen LogP contribution in [0.2, 0.25) is 0 Å². The van der Waals surface area contributed by atoms with Gasteiger partial charge < -0.3 is 9.47 Å². The number of methoxy groups -OCH3 is 1. The molecule has 2 aliphatic heterocycles. The summed E-state index contributed by atoms with van der Waals surface area (Å²) in [6.07, 6.45) is 2.39. The van der Waals surface area contributed by atoms with Crippen LogP contribution in [-0.2, 0) is 19.3 Å². The summed E-state index contributed by atoms with van der Waals surface area (Å²) in [5.41, 5.74) is 1.01. The van der Waals surface area contributed by atoms with E-state index in [2.05, 4.69) is 27.8 Å². The van der Waals surface area contributed by atoms with Crippen LogP contribution in [0.25, 0.3) is 0 Å². The number of piperazine rings is 1. The standard InChI is InChI=1S/C19H32N4O4S/c1-4-9-23-12-17(21-11-15-10-20-13-27-15)22-18(19(23)26-2)14-5-7-16(8-6-14)28(3,24)25/h5-8,15,17-22H,4,9-13H2,1-3H3. The highest BCUT2D eigenvalue weighted by molar-refractivity contribution is 7.90. The molecule has 0 spiro atoms. The van der Waals surface area contributed by atoms with Crippen molar-refractivity contribution in [2.24, 2.45) is 0 Å². The summed E-state index contributed by atoms with van der Waals surface area (Å²) in [5, 5.41) is 10.4. The fourth-order valence-corrected chi connectivity index (χ4v) is 4.49. The summed E-state index contributed by atoms with van der Waals surface area (Å²) in [5.74, 6) is 0. The number of hydrogen-bond acceptors (Lipinski definition) is 8. The number of sulfone groups is 1. The molecule has 4 atom stereocenters. The van der Waals surface area contributed by atoms with Crippen molar-refractivity contribution in [1.29, 1.82) is 0 Å². The minimum absolute atomic E-state index is 0.0703. The number of hydrogen-bond donors (Lipinski definition) is 3. The Balaban J connectivity index is 1.76. The Bertz CT molecular complexity index is 722. The van der Waals surface area contributed by atoms with Gasteiger partial charge in [-0.15, -0.1) is 0 Å². The molecule has 0 amide bonds. The summed E-state index contributed by atoms with van der Waals surface area (Å²) in [4.78, 5) is 2.66. The van der Waals surface area contributed by atoms with Gasteiger partial charge in [0.25, 0.3) is 0 Å². The first-order chi connectivity index (χ1) is 13.4. The number of ether oxygens (including phenoxy) is 2. The van der Waals surface area contributed by atoms with E-state index >= 15 is 0 Å². The zero-order valence-electron chi connectivity index (χ0n) is 16.8. The first kappa shape index (κ1) is 21.6. The lowest BCUT2D eigenvalue weighted by Crippen LogP contribution is -2.63. The molecular formula is C19H32N4O4S. The molecular weight excluding hydrogens is 380 g/mol. The molecule has 28 heavy (non-hydrogen) atoms. The molecule has 2 fully saturated rings. The van der Waals surface area contributed by atoms with Gasteiger partial charge in [0, 0.05) is 39.5 Å². The molecule has 8 nitrogen and oxygen atoms in total. The predicted octanol–water partition coefficient (Wildman–Crippen LogP) is 0.281. The van der Waals surface area contributed by atoms with Crippen molar-refractivity contribution in [3.05, 3.63) is 29.8 Å². The first-order valence-electron chi connectivity index (χ1n) is 9.81. The monoisotopic (exact) mass is 412 g/mol. The Labute approximate surface area is 167 Å². The van der Waals surface area contributed by atoms with Gasteiger partial charge in [0.05, 0.1) is 29.9 Å². The molecule has 0 radical (unpaired) electrons. The Hall–Kier alpha value is -1.07. The molecule has 0 aromatic heterocycles. The summed E-state index contributed by atoms with van der Waals surface area (Å²) in [6, 6.07) is 7.00. The zero-order valence-corrected chi connectivity index (χ0v) is 17.7. The third kappa shape index (κ3) is 5.29. The zero-order chi connectivity index (χ0) is 20.1.